The lowest BCUT2D eigenvalue weighted by atomic mass is 9.95. The molecule has 3 rings (SSSR count). The van der Waals surface area contributed by atoms with Gasteiger partial charge in [0.25, 0.3) is 0 Å². The highest BCUT2D eigenvalue weighted by Gasteiger charge is 2.46. The molecule has 2 aromatic rings. The lowest BCUT2D eigenvalue weighted by molar-refractivity contribution is -0.0355. The van der Waals surface area contributed by atoms with E-state index >= 15 is 0 Å². The number of aliphatic hydroxyl groups excluding tert-OH is 1. The Balaban J connectivity index is 1.71. The van der Waals surface area contributed by atoms with Gasteiger partial charge in [-0.15, -0.1) is 0 Å². The molecule has 0 bridgehead atoms. The average Bonchev–Trinajstić information content (AvgIpc) is 3.15. The van der Waals surface area contributed by atoms with E-state index in [-0.39, 0.29) is 6.42 Å². The number of oxime groups is 1. The highest BCUT2D eigenvalue weighted by atomic mass is 32.2. The third-order valence-corrected chi connectivity index (χ3v) is 7.32. The predicted molar refractivity (Wildman–Crippen MR) is 107 cm³/mol. The summed E-state index contributed by atoms with van der Waals surface area (Å²) in [6.07, 6.45) is -0.747. The van der Waals surface area contributed by atoms with Crippen LogP contribution in [0.3, 0.4) is 0 Å². The lowest BCUT2D eigenvalue weighted by Gasteiger charge is -2.32. The Morgan fingerprint density at radius 1 is 1.14 bits per heavy atom. The van der Waals surface area contributed by atoms with Crippen LogP contribution in [-0.2, 0) is 14.7 Å². The molecular weight excluding hydrogens is 380 g/mol. The molecule has 2 aromatic carbocycles. The van der Waals surface area contributed by atoms with Crippen molar-refractivity contribution in [2.24, 2.45) is 5.16 Å². The van der Waals surface area contributed by atoms with Crippen molar-refractivity contribution < 1.29 is 23.6 Å². The Labute approximate surface area is 164 Å². The first kappa shape index (κ1) is 20.5. The smallest absolute Gasteiger partial charge is 0.156 e. The zero-order valence-corrected chi connectivity index (χ0v) is 16.6. The Morgan fingerprint density at radius 2 is 1.71 bits per heavy atom. The van der Waals surface area contributed by atoms with E-state index in [2.05, 4.69) is 5.16 Å². The summed E-state index contributed by atoms with van der Waals surface area (Å²) >= 11 is 0. The van der Waals surface area contributed by atoms with E-state index in [0.29, 0.717) is 12.1 Å². The molecule has 0 saturated carbocycles. The van der Waals surface area contributed by atoms with Crippen LogP contribution in [0.25, 0.3) is 11.1 Å². The molecular formula is C20H24N2O5S. The van der Waals surface area contributed by atoms with E-state index in [1.54, 1.807) is 5.48 Å². The third-order valence-electron chi connectivity index (χ3n) is 5.24. The maximum atomic E-state index is 12.2. The number of hydrogen-bond donors (Lipinski definition) is 3. The second-order valence-corrected chi connectivity index (χ2v) is 9.71. The monoisotopic (exact) mass is 404 g/mol. The highest BCUT2D eigenvalue weighted by Crippen LogP contribution is 2.31. The minimum Gasteiger partial charge on any atom is -0.392 e. The van der Waals surface area contributed by atoms with E-state index in [0.717, 1.165) is 22.9 Å². The summed E-state index contributed by atoms with van der Waals surface area (Å²) in [6.45, 7) is 1.37. The van der Waals surface area contributed by atoms with Crippen LogP contribution in [0.5, 0.6) is 0 Å². The van der Waals surface area contributed by atoms with Crippen LogP contribution in [0.2, 0.25) is 0 Å². The van der Waals surface area contributed by atoms with Crippen LogP contribution in [0.15, 0.2) is 59.8 Å². The van der Waals surface area contributed by atoms with Crippen molar-refractivity contribution in [3.05, 3.63) is 60.2 Å². The summed E-state index contributed by atoms with van der Waals surface area (Å²) in [6, 6.07) is 17.9. The van der Waals surface area contributed by atoms with Crippen LogP contribution in [0.1, 0.15) is 25.3 Å². The molecule has 3 atom stereocenters. The molecule has 3 N–H and O–H groups in total. The van der Waals surface area contributed by atoms with Gasteiger partial charge in [0.15, 0.2) is 9.84 Å². The van der Waals surface area contributed by atoms with E-state index < -0.39 is 26.9 Å². The van der Waals surface area contributed by atoms with E-state index in [1.165, 1.54) is 6.92 Å². The van der Waals surface area contributed by atoms with E-state index in [4.69, 9.17) is 10.0 Å². The number of benzene rings is 2. The SMILES string of the molecule is CC(CC1CC(c2ccc(-c3ccccc3)cc2)=NO1)(C(O)NO)S(C)(=O)=O. The van der Waals surface area contributed by atoms with Gasteiger partial charge >= 0.3 is 0 Å². The fraction of sp³-hybridized carbons (Fsp3) is 0.350. The third kappa shape index (κ3) is 4.10. The van der Waals surface area contributed by atoms with Crippen molar-refractivity contribution >= 4 is 15.5 Å². The quantitative estimate of drug-likeness (QED) is 0.483. The minimum absolute atomic E-state index is 0.0182. The van der Waals surface area contributed by atoms with Crippen LogP contribution < -0.4 is 5.48 Å². The van der Waals surface area contributed by atoms with E-state index in [1.807, 2.05) is 54.6 Å². The van der Waals surface area contributed by atoms with Crippen molar-refractivity contribution in [2.45, 2.75) is 36.8 Å². The molecule has 1 aliphatic heterocycles. The molecule has 0 radical (unpaired) electrons. The number of nitrogens with one attached hydrogen (secondary N) is 1. The highest BCUT2D eigenvalue weighted by molar-refractivity contribution is 7.92. The molecule has 1 heterocycles. The summed E-state index contributed by atoms with van der Waals surface area (Å²) in [5.74, 6) is 0. The minimum atomic E-state index is -3.69. The maximum Gasteiger partial charge on any atom is 0.156 e. The number of hydrogen-bond acceptors (Lipinski definition) is 7. The summed E-state index contributed by atoms with van der Waals surface area (Å²) in [5.41, 5.74) is 5.44. The van der Waals surface area contributed by atoms with Crippen LogP contribution in [-0.4, -0.2) is 47.8 Å². The van der Waals surface area contributed by atoms with Gasteiger partial charge in [-0.3, -0.25) is 0 Å². The topological polar surface area (TPSA) is 108 Å². The molecule has 3 unspecified atom stereocenters. The Bertz CT molecular complexity index is 944. The van der Waals surface area contributed by atoms with Gasteiger partial charge in [-0.25, -0.2) is 8.42 Å². The number of nitrogens with zero attached hydrogens (tertiary/aromatic N) is 1. The molecule has 0 fully saturated rings. The molecule has 0 saturated heterocycles. The first-order chi connectivity index (χ1) is 13.2. The molecule has 8 heteroatoms. The Morgan fingerprint density at radius 3 is 2.29 bits per heavy atom. The van der Waals surface area contributed by atoms with E-state index in [9.17, 15) is 13.5 Å². The van der Waals surface area contributed by atoms with Gasteiger partial charge in [-0.2, -0.15) is 5.48 Å². The predicted octanol–water partition coefficient (Wildman–Crippen LogP) is 2.34. The van der Waals surface area contributed by atoms with Crippen molar-refractivity contribution in [1.29, 1.82) is 0 Å². The fourth-order valence-corrected chi connectivity index (χ4v) is 4.20. The number of sulfone groups is 1. The second-order valence-electron chi connectivity index (χ2n) is 7.23. The fourth-order valence-electron chi connectivity index (χ4n) is 3.25. The summed E-state index contributed by atoms with van der Waals surface area (Å²) in [4.78, 5) is 5.42. The molecule has 28 heavy (non-hydrogen) atoms. The first-order valence-electron chi connectivity index (χ1n) is 8.90. The molecule has 1 aliphatic rings. The van der Waals surface area contributed by atoms with Gasteiger partial charge < -0.3 is 15.2 Å². The van der Waals surface area contributed by atoms with Crippen molar-refractivity contribution in [3.63, 3.8) is 0 Å². The lowest BCUT2D eigenvalue weighted by Crippen LogP contribution is -2.54. The molecule has 0 aromatic heterocycles. The van der Waals surface area contributed by atoms with Crippen molar-refractivity contribution in [1.82, 2.24) is 5.48 Å². The van der Waals surface area contributed by atoms with Crippen molar-refractivity contribution in [2.75, 3.05) is 6.26 Å². The number of rotatable bonds is 7. The molecule has 7 nitrogen and oxygen atoms in total. The molecule has 0 spiro atoms. The largest absolute Gasteiger partial charge is 0.392 e. The van der Waals surface area contributed by atoms with Crippen LogP contribution in [0.4, 0.5) is 0 Å². The summed E-state index contributed by atoms with van der Waals surface area (Å²) in [5, 5.41) is 23.1. The van der Waals surface area contributed by atoms with Gasteiger partial charge in [0, 0.05) is 19.1 Å². The summed E-state index contributed by atoms with van der Waals surface area (Å²) < 4.78 is 22.7. The summed E-state index contributed by atoms with van der Waals surface area (Å²) in [7, 11) is -3.69. The van der Waals surface area contributed by atoms with Gasteiger partial charge in [0.1, 0.15) is 17.1 Å². The Kier molecular flexibility index (Phi) is 5.85. The van der Waals surface area contributed by atoms with Gasteiger partial charge in [0.2, 0.25) is 0 Å². The van der Waals surface area contributed by atoms with Crippen LogP contribution >= 0.6 is 0 Å². The first-order valence-corrected chi connectivity index (χ1v) is 10.8. The average molecular weight is 404 g/mol. The van der Waals surface area contributed by atoms with Gasteiger partial charge in [0.05, 0.1) is 5.71 Å². The van der Waals surface area contributed by atoms with Crippen molar-refractivity contribution in [3.8, 4) is 11.1 Å². The molecule has 150 valence electrons. The van der Waals surface area contributed by atoms with Crippen LogP contribution in [0, 0.1) is 0 Å². The molecule has 0 amide bonds. The number of aliphatic hydroxyl groups is 1. The maximum absolute atomic E-state index is 12.2. The standard InChI is InChI=1S/C20H24N2O5S/c1-20(19(23)21-24,28(2,25)26)13-17-12-18(22-27-17)16-10-8-15(9-11-16)14-6-4-3-5-7-14/h3-11,17,19,21,23-24H,12-13H2,1-2H3. The van der Waals surface area contributed by atoms with Gasteiger partial charge in [-0.1, -0.05) is 59.8 Å². The Hall–Kier alpha value is -2.26. The number of hydroxylamine groups is 1. The zero-order chi connectivity index (χ0) is 20.4. The zero-order valence-electron chi connectivity index (χ0n) is 15.7. The second kappa shape index (κ2) is 8.00. The molecule has 0 aliphatic carbocycles. The van der Waals surface area contributed by atoms with Gasteiger partial charge in [-0.05, 0) is 23.6 Å². The normalized spacial score (nSPS) is 20.1.